The minimum atomic E-state index is -2.86. The maximum absolute atomic E-state index is 14.7. The van der Waals surface area contributed by atoms with Gasteiger partial charge in [-0.3, -0.25) is 14.6 Å². The van der Waals surface area contributed by atoms with Crippen LogP contribution in [0.15, 0.2) is 60.8 Å². The van der Waals surface area contributed by atoms with Gasteiger partial charge in [-0.05, 0) is 48.7 Å². The van der Waals surface area contributed by atoms with E-state index in [1.807, 2.05) is 12.1 Å². The summed E-state index contributed by atoms with van der Waals surface area (Å²) >= 11 is 0. The standard InChI is InChI=1S/C29H29F3N3O4/c1-17-23-16-35(17,20-14-29(31,32)15-20)27(37)25(22-10-4-3-9-21(22)23)34(19-8-5-7-18(30)13-19)26(36)24-11-6-12-33(24)28(38)39-2/h3-5,7-10,13,20,23-25H,1,6,11-12,14-16H2,2H3/q+1. The molecule has 2 bridgehead atoms. The molecule has 0 spiro atoms. The second kappa shape index (κ2) is 8.94. The van der Waals surface area contributed by atoms with Crippen molar-refractivity contribution in [3.8, 4) is 0 Å². The highest BCUT2D eigenvalue weighted by atomic mass is 19.3. The number of likely N-dealkylation sites (tertiary alicyclic amines) is 1. The minimum Gasteiger partial charge on any atom is -0.453 e. The Morgan fingerprint density at radius 3 is 2.49 bits per heavy atom. The van der Waals surface area contributed by atoms with E-state index in [9.17, 15) is 27.6 Å². The molecule has 3 fully saturated rings. The molecule has 4 atom stereocenters. The number of carbonyl (C=O) groups excluding carboxylic acids is 3. The van der Waals surface area contributed by atoms with Crippen molar-refractivity contribution in [2.75, 3.05) is 25.1 Å². The van der Waals surface area contributed by atoms with Gasteiger partial charge in [0.2, 0.25) is 0 Å². The molecule has 0 radical (unpaired) electrons. The summed E-state index contributed by atoms with van der Waals surface area (Å²) in [6.07, 6.45) is -0.669. The lowest BCUT2D eigenvalue weighted by Gasteiger charge is -2.56. The highest BCUT2D eigenvalue weighted by Crippen LogP contribution is 2.58. The molecule has 0 aromatic heterocycles. The largest absolute Gasteiger partial charge is 0.453 e. The van der Waals surface area contributed by atoms with Crippen LogP contribution < -0.4 is 4.90 Å². The third-order valence-electron chi connectivity index (χ3n) is 8.90. The Labute approximate surface area is 224 Å². The van der Waals surface area contributed by atoms with Gasteiger partial charge in [0.05, 0.1) is 20.0 Å². The van der Waals surface area contributed by atoms with Crippen molar-refractivity contribution in [2.45, 2.75) is 55.6 Å². The lowest BCUT2D eigenvalue weighted by molar-refractivity contribution is -0.889. The summed E-state index contributed by atoms with van der Waals surface area (Å²) < 4.78 is 47.3. The number of hydrogen-bond donors (Lipinski definition) is 0. The topological polar surface area (TPSA) is 66.9 Å². The van der Waals surface area contributed by atoms with Gasteiger partial charge >= 0.3 is 12.0 Å². The third-order valence-corrected chi connectivity index (χ3v) is 8.90. The molecule has 1 saturated carbocycles. The van der Waals surface area contributed by atoms with Crippen molar-refractivity contribution in [1.82, 2.24) is 4.90 Å². The number of anilines is 1. The second-order valence-corrected chi connectivity index (χ2v) is 10.9. The molecule has 2 aromatic carbocycles. The first kappa shape index (κ1) is 25.6. The van der Waals surface area contributed by atoms with Gasteiger partial charge in [0.1, 0.15) is 36.1 Å². The van der Waals surface area contributed by atoms with Gasteiger partial charge in [0.25, 0.3) is 11.8 Å². The number of alkyl halides is 2. The molecule has 5 aliphatic rings. The minimum absolute atomic E-state index is 0.146. The smallest absolute Gasteiger partial charge is 0.410 e. The summed E-state index contributed by atoms with van der Waals surface area (Å²) in [6.45, 7) is 4.78. The Bertz CT molecular complexity index is 1390. The monoisotopic (exact) mass is 540 g/mol. The van der Waals surface area contributed by atoms with E-state index in [0.29, 0.717) is 30.6 Å². The van der Waals surface area contributed by atoms with Crippen LogP contribution in [0.3, 0.4) is 0 Å². The fraction of sp³-hybridized carbons (Fsp3) is 0.414. The van der Waals surface area contributed by atoms with Crippen LogP contribution in [0.5, 0.6) is 0 Å². The summed E-state index contributed by atoms with van der Waals surface area (Å²) in [4.78, 5) is 44.1. The first-order valence-corrected chi connectivity index (χ1v) is 13.1. The number of methoxy groups -OCH3 is 1. The first-order chi connectivity index (χ1) is 18.6. The molecule has 4 aliphatic heterocycles. The maximum atomic E-state index is 14.7. The molecule has 0 N–H and O–H groups in total. The molecule has 1 aliphatic carbocycles. The van der Waals surface area contributed by atoms with Crippen LogP contribution in [0.25, 0.3) is 0 Å². The van der Waals surface area contributed by atoms with Crippen LogP contribution in [-0.2, 0) is 14.3 Å². The van der Waals surface area contributed by atoms with Crippen molar-refractivity contribution in [3.05, 3.63) is 77.8 Å². The number of hydrogen-bond acceptors (Lipinski definition) is 4. The average Bonchev–Trinajstić information content (AvgIpc) is 3.33. The number of benzene rings is 2. The van der Waals surface area contributed by atoms with Crippen molar-refractivity contribution >= 4 is 23.6 Å². The zero-order valence-corrected chi connectivity index (χ0v) is 21.5. The summed E-state index contributed by atoms with van der Waals surface area (Å²) in [5, 5.41) is 0. The van der Waals surface area contributed by atoms with E-state index in [4.69, 9.17) is 4.74 Å². The first-order valence-electron chi connectivity index (χ1n) is 13.1. The Morgan fingerprint density at radius 2 is 1.85 bits per heavy atom. The van der Waals surface area contributed by atoms with Gasteiger partial charge in [0, 0.05) is 12.2 Å². The number of nitrogens with zero attached hydrogens (tertiary/aromatic N) is 3. The summed E-state index contributed by atoms with van der Waals surface area (Å²) in [5.74, 6) is -4.69. The van der Waals surface area contributed by atoms with E-state index in [2.05, 4.69) is 6.58 Å². The normalized spacial score (nSPS) is 29.1. The Kier molecular flexibility index (Phi) is 5.87. The van der Waals surface area contributed by atoms with E-state index in [0.717, 1.165) is 5.56 Å². The number of carbonyl (C=O) groups is 3. The average molecular weight is 541 g/mol. The lowest BCUT2D eigenvalue weighted by Crippen LogP contribution is -2.73. The van der Waals surface area contributed by atoms with Gasteiger partial charge in [-0.15, -0.1) is 0 Å². The molecule has 2 saturated heterocycles. The van der Waals surface area contributed by atoms with Crippen LogP contribution in [0.1, 0.15) is 48.8 Å². The molecule has 4 heterocycles. The van der Waals surface area contributed by atoms with Gasteiger partial charge < -0.3 is 4.74 Å². The lowest BCUT2D eigenvalue weighted by atomic mass is 9.76. The van der Waals surface area contributed by atoms with Gasteiger partial charge in [-0.25, -0.2) is 27.2 Å². The molecular weight excluding hydrogens is 511 g/mol. The van der Waals surface area contributed by atoms with Gasteiger partial charge in [-0.1, -0.05) is 30.3 Å². The fourth-order valence-electron chi connectivity index (χ4n) is 6.92. The summed E-state index contributed by atoms with van der Waals surface area (Å²) in [6, 6.07) is 9.78. The molecule has 10 heteroatoms. The maximum Gasteiger partial charge on any atom is 0.410 e. The van der Waals surface area contributed by atoms with E-state index in [-0.39, 0.29) is 22.6 Å². The highest BCUT2D eigenvalue weighted by Gasteiger charge is 2.70. The van der Waals surface area contributed by atoms with Crippen molar-refractivity contribution in [1.29, 1.82) is 0 Å². The van der Waals surface area contributed by atoms with Gasteiger partial charge in [-0.2, -0.15) is 0 Å². The van der Waals surface area contributed by atoms with Gasteiger partial charge in [0.15, 0.2) is 6.04 Å². The summed E-state index contributed by atoms with van der Waals surface area (Å²) in [5.41, 5.74) is 2.04. The van der Waals surface area contributed by atoms with Crippen molar-refractivity contribution < 1.29 is 36.8 Å². The van der Waals surface area contributed by atoms with E-state index in [1.54, 1.807) is 12.1 Å². The number of ether oxygens (including phenoxy) is 1. The predicted octanol–water partition coefficient (Wildman–Crippen LogP) is 4.90. The quantitative estimate of drug-likeness (QED) is 0.518. The van der Waals surface area contributed by atoms with Crippen molar-refractivity contribution in [3.63, 3.8) is 0 Å². The molecule has 7 nitrogen and oxygen atoms in total. The number of fused-ring (bicyclic) bond motifs is 1. The summed E-state index contributed by atoms with van der Waals surface area (Å²) in [7, 11) is 1.23. The van der Waals surface area contributed by atoms with E-state index < -0.39 is 60.6 Å². The predicted molar refractivity (Wildman–Crippen MR) is 135 cm³/mol. The molecule has 204 valence electrons. The fourth-order valence-corrected chi connectivity index (χ4v) is 6.92. The number of rotatable bonds is 4. The van der Waals surface area contributed by atoms with Crippen LogP contribution in [0.4, 0.5) is 23.7 Å². The highest BCUT2D eigenvalue weighted by molar-refractivity contribution is 6.04. The van der Waals surface area contributed by atoms with Crippen LogP contribution in [-0.4, -0.2) is 65.5 Å². The SMILES string of the molecule is C=C1C2C[N+]1(C1CC(F)(F)C1)C(=O)C(N(C(=O)C1CCCN1C(=O)OC)c1cccc(F)c1)c1ccccc12. The van der Waals surface area contributed by atoms with Crippen molar-refractivity contribution in [2.24, 2.45) is 0 Å². The van der Waals surface area contributed by atoms with E-state index >= 15 is 0 Å². The molecule has 39 heavy (non-hydrogen) atoms. The second-order valence-electron chi connectivity index (χ2n) is 10.9. The van der Waals surface area contributed by atoms with Crippen LogP contribution in [0, 0.1) is 5.82 Å². The Hall–Kier alpha value is -3.66. The zero-order chi connectivity index (χ0) is 27.7. The molecule has 4 unspecified atom stereocenters. The molecule has 3 amide bonds. The third kappa shape index (κ3) is 3.71. The van der Waals surface area contributed by atoms with Crippen LogP contribution in [0.2, 0.25) is 0 Å². The number of amides is 3. The van der Waals surface area contributed by atoms with E-state index in [1.165, 1.54) is 41.2 Å². The Balaban J connectivity index is 1.52. The zero-order valence-electron chi connectivity index (χ0n) is 21.5. The molecule has 2 aromatic rings. The number of halogens is 3. The molecular formula is C29H29F3N3O4+. The Morgan fingerprint density at radius 1 is 1.13 bits per heavy atom. The number of quaternary nitrogens is 1. The van der Waals surface area contributed by atoms with Crippen LogP contribution >= 0.6 is 0 Å². The molecule has 7 rings (SSSR count).